The van der Waals surface area contributed by atoms with Crippen LogP contribution in [-0.4, -0.2) is 99.0 Å². The molecule has 1 atom stereocenters. The third kappa shape index (κ3) is 13.8. The SMILES string of the molecule is COCC(COC)OC(=O)COCCCOCC(COC)OC(=O)OC. The Balaban J connectivity index is 3.75. The van der Waals surface area contributed by atoms with Crippen LogP contribution in [0, 0.1) is 0 Å². The number of methoxy groups -OCH3 is 4. The second-order valence-electron chi connectivity index (χ2n) is 5.15. The molecule has 0 N–H and O–H groups in total. The highest BCUT2D eigenvalue weighted by molar-refractivity contribution is 5.70. The highest BCUT2D eigenvalue weighted by atomic mass is 16.7. The van der Waals surface area contributed by atoms with E-state index in [0.29, 0.717) is 19.6 Å². The van der Waals surface area contributed by atoms with Crippen molar-refractivity contribution in [3.8, 4) is 0 Å². The maximum Gasteiger partial charge on any atom is 0.508 e. The molecule has 0 fully saturated rings. The average Bonchev–Trinajstić information content (AvgIpc) is 2.61. The molecule has 0 aliphatic rings. The van der Waals surface area contributed by atoms with E-state index in [1.807, 2.05) is 0 Å². The first-order valence-electron chi connectivity index (χ1n) is 8.13. The van der Waals surface area contributed by atoms with Crippen molar-refractivity contribution in [2.45, 2.75) is 18.6 Å². The third-order valence-corrected chi connectivity index (χ3v) is 2.89. The van der Waals surface area contributed by atoms with Crippen LogP contribution >= 0.6 is 0 Å². The van der Waals surface area contributed by atoms with Gasteiger partial charge in [-0.05, 0) is 6.42 Å². The van der Waals surface area contributed by atoms with Crippen molar-refractivity contribution >= 4 is 12.1 Å². The lowest BCUT2D eigenvalue weighted by atomic mass is 10.4. The van der Waals surface area contributed by atoms with Crippen molar-refractivity contribution in [3.05, 3.63) is 0 Å². The lowest BCUT2D eigenvalue weighted by molar-refractivity contribution is -0.160. The third-order valence-electron chi connectivity index (χ3n) is 2.89. The van der Waals surface area contributed by atoms with E-state index in [2.05, 4.69) is 4.74 Å². The van der Waals surface area contributed by atoms with E-state index < -0.39 is 24.3 Å². The molecule has 10 nitrogen and oxygen atoms in total. The lowest BCUT2D eigenvalue weighted by Gasteiger charge is -2.16. The number of esters is 1. The fraction of sp³-hybridized carbons (Fsp3) is 0.875. The molecule has 0 aromatic rings. The fourth-order valence-electron chi connectivity index (χ4n) is 1.83. The van der Waals surface area contributed by atoms with Crippen molar-refractivity contribution in [2.24, 2.45) is 0 Å². The second-order valence-corrected chi connectivity index (χ2v) is 5.15. The molecule has 0 spiro atoms. The number of carbonyl (C=O) groups is 2. The maximum atomic E-state index is 11.6. The van der Waals surface area contributed by atoms with Gasteiger partial charge in [-0.15, -0.1) is 0 Å². The number of hydrogen-bond acceptors (Lipinski definition) is 10. The predicted octanol–water partition coefficient (Wildman–Crippen LogP) is 0.412. The van der Waals surface area contributed by atoms with Gasteiger partial charge in [0.05, 0.1) is 33.5 Å². The highest BCUT2D eigenvalue weighted by Gasteiger charge is 2.15. The minimum atomic E-state index is -0.794. The van der Waals surface area contributed by atoms with Gasteiger partial charge >= 0.3 is 12.1 Å². The quantitative estimate of drug-likeness (QED) is 0.275. The Kier molecular flexibility index (Phi) is 16.0. The summed E-state index contributed by atoms with van der Waals surface area (Å²) in [5, 5.41) is 0. The molecule has 26 heavy (non-hydrogen) atoms. The Labute approximate surface area is 153 Å². The van der Waals surface area contributed by atoms with Gasteiger partial charge in [-0.2, -0.15) is 0 Å². The summed E-state index contributed by atoms with van der Waals surface area (Å²) in [7, 11) is 5.74. The Bertz CT molecular complexity index is 357. The zero-order valence-electron chi connectivity index (χ0n) is 15.9. The minimum Gasteiger partial charge on any atom is -0.456 e. The van der Waals surface area contributed by atoms with Crippen molar-refractivity contribution in [3.63, 3.8) is 0 Å². The van der Waals surface area contributed by atoms with E-state index in [4.69, 9.17) is 33.2 Å². The standard InChI is InChI=1S/C16H30O10/c1-19-8-13(9-20-2)25-15(17)12-24-7-5-6-23-11-14(10-21-3)26-16(18)22-4/h13-14H,5-12H2,1-4H3. The van der Waals surface area contributed by atoms with E-state index in [1.165, 1.54) is 28.4 Å². The number of hydrogen-bond donors (Lipinski definition) is 0. The van der Waals surface area contributed by atoms with Crippen molar-refractivity contribution in [2.75, 3.05) is 74.7 Å². The summed E-state index contributed by atoms with van der Waals surface area (Å²) in [5.74, 6) is -0.489. The van der Waals surface area contributed by atoms with Gasteiger partial charge < -0.3 is 37.9 Å². The average molecular weight is 382 g/mol. The van der Waals surface area contributed by atoms with Gasteiger partial charge in [0.1, 0.15) is 12.7 Å². The molecule has 1 unspecified atom stereocenters. The molecule has 0 aliphatic carbocycles. The van der Waals surface area contributed by atoms with Crippen LogP contribution in [0.1, 0.15) is 6.42 Å². The van der Waals surface area contributed by atoms with Crippen LogP contribution in [0.5, 0.6) is 0 Å². The van der Waals surface area contributed by atoms with Gasteiger partial charge in [0, 0.05) is 34.5 Å². The van der Waals surface area contributed by atoms with Crippen molar-refractivity contribution < 1.29 is 47.5 Å². The molecule has 0 saturated carbocycles. The summed E-state index contributed by atoms with van der Waals surface area (Å²) in [6, 6.07) is 0. The first-order valence-corrected chi connectivity index (χ1v) is 8.13. The smallest absolute Gasteiger partial charge is 0.456 e. The zero-order valence-corrected chi connectivity index (χ0v) is 15.9. The minimum absolute atomic E-state index is 0.165. The number of ether oxygens (including phenoxy) is 8. The number of carbonyl (C=O) groups excluding carboxylic acids is 2. The van der Waals surface area contributed by atoms with Gasteiger partial charge in [0.2, 0.25) is 0 Å². The van der Waals surface area contributed by atoms with Crippen LogP contribution in [0.4, 0.5) is 4.79 Å². The molecular weight excluding hydrogens is 352 g/mol. The summed E-state index contributed by atoms with van der Waals surface area (Å²) in [6.45, 7) is 1.40. The summed E-state index contributed by atoms with van der Waals surface area (Å²) in [4.78, 5) is 22.7. The Morgan fingerprint density at radius 1 is 0.731 bits per heavy atom. The van der Waals surface area contributed by atoms with Crippen molar-refractivity contribution in [1.82, 2.24) is 0 Å². The highest BCUT2D eigenvalue weighted by Crippen LogP contribution is 1.99. The van der Waals surface area contributed by atoms with Crippen LogP contribution in [0.2, 0.25) is 0 Å². The van der Waals surface area contributed by atoms with Crippen molar-refractivity contribution in [1.29, 1.82) is 0 Å². The Morgan fingerprint density at radius 2 is 1.27 bits per heavy atom. The molecule has 0 aliphatic heterocycles. The summed E-state index contributed by atoms with van der Waals surface area (Å²) in [5.41, 5.74) is 0. The van der Waals surface area contributed by atoms with Gasteiger partial charge in [0.15, 0.2) is 6.10 Å². The first kappa shape index (κ1) is 24.5. The molecule has 0 saturated heterocycles. The van der Waals surface area contributed by atoms with E-state index in [1.54, 1.807) is 0 Å². The summed E-state index contributed by atoms with van der Waals surface area (Å²) >= 11 is 0. The van der Waals surface area contributed by atoms with E-state index in [-0.39, 0.29) is 33.0 Å². The second kappa shape index (κ2) is 17.0. The molecule has 0 heterocycles. The normalized spacial score (nSPS) is 12.0. The molecule has 0 bridgehead atoms. The molecule has 0 aromatic carbocycles. The molecule has 0 aromatic heterocycles. The zero-order chi connectivity index (χ0) is 19.6. The van der Waals surface area contributed by atoms with Crippen LogP contribution < -0.4 is 0 Å². The van der Waals surface area contributed by atoms with Crippen LogP contribution in [0.15, 0.2) is 0 Å². The van der Waals surface area contributed by atoms with E-state index in [9.17, 15) is 9.59 Å². The summed E-state index contributed by atoms with van der Waals surface area (Å²) in [6.07, 6.45) is -1.25. The molecule has 10 heteroatoms. The van der Waals surface area contributed by atoms with Crippen LogP contribution in [0.25, 0.3) is 0 Å². The topological polar surface area (TPSA) is 108 Å². The Morgan fingerprint density at radius 3 is 1.81 bits per heavy atom. The fourth-order valence-corrected chi connectivity index (χ4v) is 1.83. The number of rotatable bonds is 16. The van der Waals surface area contributed by atoms with Gasteiger partial charge in [-0.1, -0.05) is 0 Å². The van der Waals surface area contributed by atoms with Gasteiger partial charge in [-0.3, -0.25) is 0 Å². The van der Waals surface area contributed by atoms with E-state index >= 15 is 0 Å². The summed E-state index contributed by atoms with van der Waals surface area (Å²) < 4.78 is 39.9. The van der Waals surface area contributed by atoms with E-state index in [0.717, 1.165) is 0 Å². The van der Waals surface area contributed by atoms with Gasteiger partial charge in [0.25, 0.3) is 0 Å². The lowest BCUT2D eigenvalue weighted by Crippen LogP contribution is -2.29. The largest absolute Gasteiger partial charge is 0.508 e. The monoisotopic (exact) mass is 382 g/mol. The van der Waals surface area contributed by atoms with Gasteiger partial charge in [-0.25, -0.2) is 9.59 Å². The molecule has 0 rings (SSSR count). The Hall–Kier alpha value is -1.46. The molecule has 0 amide bonds. The molecule has 0 radical (unpaired) electrons. The van der Waals surface area contributed by atoms with Crippen LogP contribution in [0.3, 0.4) is 0 Å². The molecular formula is C16H30O10. The maximum absolute atomic E-state index is 11.6. The van der Waals surface area contributed by atoms with Crippen LogP contribution in [-0.2, 0) is 42.7 Å². The predicted molar refractivity (Wildman–Crippen MR) is 89.0 cm³/mol. The first-order chi connectivity index (χ1) is 12.6. The molecule has 154 valence electrons.